The summed E-state index contributed by atoms with van der Waals surface area (Å²) < 4.78 is 32.7. The first-order chi connectivity index (χ1) is 23.6. The molecule has 7 heteroatoms. The number of hydrogen-bond acceptors (Lipinski definition) is 6. The zero-order valence-electron chi connectivity index (χ0n) is 27.6. The number of allylic oxidation sites excluding steroid dienone is 5. The molecule has 0 aromatic heterocycles. The van der Waals surface area contributed by atoms with E-state index in [4.69, 9.17) is 18.6 Å². The lowest BCUT2D eigenvalue weighted by molar-refractivity contribution is -1.92. The van der Waals surface area contributed by atoms with Crippen molar-refractivity contribution in [2.75, 3.05) is 19.0 Å². The molecule has 0 fully saturated rings. The molecule has 0 spiro atoms. The number of aliphatic hydroxyl groups is 1. The predicted molar refractivity (Wildman–Crippen MR) is 192 cm³/mol. The van der Waals surface area contributed by atoms with Crippen molar-refractivity contribution >= 4 is 17.8 Å². The molecule has 49 heavy (non-hydrogen) atoms. The molecule has 2 atom stereocenters. The monoisotopic (exact) mass is 675 g/mol. The largest absolute Gasteiger partial charge is 0.384 e. The molecule has 0 aliphatic rings. The van der Waals surface area contributed by atoms with Crippen molar-refractivity contribution < 1.29 is 34.0 Å². The van der Waals surface area contributed by atoms with E-state index in [1.165, 1.54) is 22.4 Å². The van der Waals surface area contributed by atoms with Crippen LogP contribution in [0.5, 0.6) is 0 Å². The van der Waals surface area contributed by atoms with Crippen LogP contribution in [0.4, 0.5) is 5.69 Å². The highest BCUT2D eigenvalue weighted by atomic mass is 35.7. The van der Waals surface area contributed by atoms with Crippen LogP contribution in [-0.4, -0.2) is 23.9 Å². The average Bonchev–Trinajstić information content (AvgIpc) is 3.11. The zero-order valence-corrected chi connectivity index (χ0v) is 28.3. The van der Waals surface area contributed by atoms with Gasteiger partial charge in [-0.2, -0.15) is 14.0 Å². The Morgan fingerprint density at radius 2 is 0.878 bits per heavy atom. The molecular formula is C42H42ClNO5. The quantitative estimate of drug-likeness (QED) is 0.175. The topological polar surface area (TPSA) is 113 Å². The number of nitrogens with zero attached hydrogens (tertiary/aromatic N) is 1. The van der Waals surface area contributed by atoms with Gasteiger partial charge in [0.1, 0.15) is 0 Å². The third-order valence-corrected chi connectivity index (χ3v) is 7.06. The average molecular weight is 676 g/mol. The Morgan fingerprint density at radius 3 is 1.31 bits per heavy atom. The Balaban J connectivity index is 0.000000245. The maximum atomic E-state index is 9.90. The van der Waals surface area contributed by atoms with Gasteiger partial charge in [0.15, 0.2) is 0 Å². The standard InChI is InChI=1S/C25H25N.C17H16O.ClHO4/c1-26(2)24-19-17-23(18-20-24)25(22-14-7-4-8-15-22)16-10-9-13-21-11-5-3-6-12-21;18-17(16-12-5-2-6-13-16)14-8-7-11-15-9-3-1-4-10-15;2-1(3,4)5/h3-20,25H,1-2H3;1-14,17-18H;(H,2,3,4,5). The highest BCUT2D eigenvalue weighted by Crippen LogP contribution is 2.27. The summed E-state index contributed by atoms with van der Waals surface area (Å²) in [6.45, 7) is 0. The molecule has 0 bridgehead atoms. The Kier molecular flexibility index (Phi) is 16.5. The van der Waals surface area contributed by atoms with Crippen LogP contribution in [0.1, 0.15) is 39.8 Å². The Bertz CT molecular complexity index is 1710. The first-order valence-corrected chi connectivity index (χ1v) is 16.8. The molecule has 0 aliphatic carbocycles. The van der Waals surface area contributed by atoms with Crippen LogP contribution in [0.15, 0.2) is 182 Å². The summed E-state index contributed by atoms with van der Waals surface area (Å²) in [6.07, 6.45) is 15.7. The lowest BCUT2D eigenvalue weighted by atomic mass is 9.90. The second kappa shape index (κ2) is 21.0. The van der Waals surface area contributed by atoms with Crippen LogP contribution in [0.3, 0.4) is 0 Å². The van der Waals surface area contributed by atoms with Crippen molar-refractivity contribution in [3.8, 4) is 0 Å². The fraction of sp³-hybridized carbons (Fsp3) is 0.0952. The third-order valence-electron chi connectivity index (χ3n) is 7.06. The Morgan fingerprint density at radius 1 is 0.510 bits per heavy atom. The molecule has 2 N–H and O–H groups in total. The number of anilines is 1. The molecule has 5 rings (SSSR count). The van der Waals surface area contributed by atoms with Gasteiger partial charge in [-0.3, -0.25) is 0 Å². The smallest absolute Gasteiger partial charge is 0.0974 e. The predicted octanol–water partition coefficient (Wildman–Crippen LogP) is 6.02. The van der Waals surface area contributed by atoms with Gasteiger partial charge in [-0.15, -0.1) is 0 Å². The molecule has 0 radical (unpaired) electrons. The summed E-state index contributed by atoms with van der Waals surface area (Å²) in [4.78, 5) is 2.12. The molecule has 2 unspecified atom stereocenters. The fourth-order valence-electron chi connectivity index (χ4n) is 4.62. The molecule has 0 aliphatic heterocycles. The van der Waals surface area contributed by atoms with Crippen LogP contribution in [0.2, 0.25) is 0 Å². The number of rotatable bonds is 10. The van der Waals surface area contributed by atoms with Gasteiger partial charge in [0.2, 0.25) is 0 Å². The second-order valence-corrected chi connectivity index (χ2v) is 11.7. The van der Waals surface area contributed by atoms with E-state index < -0.39 is 16.3 Å². The van der Waals surface area contributed by atoms with E-state index in [1.54, 1.807) is 6.08 Å². The van der Waals surface area contributed by atoms with Crippen molar-refractivity contribution in [2.45, 2.75) is 12.0 Å². The maximum Gasteiger partial charge on any atom is 0.0974 e. The SMILES string of the molecule is CN(C)c1ccc(C(C=CC=Cc2ccccc2)c2ccccc2)cc1.OC(C=CC=Cc1ccccc1)c1ccccc1.[O-][Cl+3]([O-])([O-])O. The van der Waals surface area contributed by atoms with Gasteiger partial charge in [0.25, 0.3) is 0 Å². The summed E-state index contributed by atoms with van der Waals surface area (Å²) in [7, 11) is -0.560. The van der Waals surface area contributed by atoms with Gasteiger partial charge >= 0.3 is 0 Å². The number of hydrogen-bond donors (Lipinski definition) is 2. The molecule has 0 saturated carbocycles. The van der Waals surface area contributed by atoms with E-state index in [9.17, 15) is 5.11 Å². The van der Waals surface area contributed by atoms with Crippen molar-refractivity contribution in [1.82, 2.24) is 0 Å². The first-order valence-electron chi connectivity index (χ1n) is 15.6. The summed E-state index contributed by atoms with van der Waals surface area (Å²) >= 11 is 0. The normalized spacial score (nSPS) is 12.7. The lowest BCUT2D eigenvalue weighted by Crippen LogP contribution is -2.58. The highest BCUT2D eigenvalue weighted by molar-refractivity contribution is 5.52. The van der Waals surface area contributed by atoms with Crippen LogP contribution in [0, 0.1) is 10.2 Å². The molecule has 5 aromatic rings. The molecule has 252 valence electrons. The number of benzene rings is 5. The van der Waals surface area contributed by atoms with Gasteiger partial charge in [0.05, 0.1) is 21.0 Å². The van der Waals surface area contributed by atoms with Gasteiger partial charge < -0.3 is 10.0 Å². The van der Waals surface area contributed by atoms with E-state index in [-0.39, 0.29) is 5.92 Å². The maximum absolute atomic E-state index is 9.90. The van der Waals surface area contributed by atoms with Crippen molar-refractivity contribution in [3.63, 3.8) is 0 Å². The van der Waals surface area contributed by atoms with Gasteiger partial charge in [0, 0.05) is 25.7 Å². The van der Waals surface area contributed by atoms with Gasteiger partial charge in [-0.05, 0) is 39.9 Å². The van der Waals surface area contributed by atoms with E-state index in [2.05, 4.69) is 122 Å². The third kappa shape index (κ3) is 16.1. The van der Waals surface area contributed by atoms with Gasteiger partial charge in [-0.25, -0.2) is 0 Å². The Labute approximate surface area is 291 Å². The molecule has 0 heterocycles. The van der Waals surface area contributed by atoms with Crippen LogP contribution >= 0.6 is 0 Å². The molecular weight excluding hydrogens is 634 g/mol. The lowest BCUT2D eigenvalue weighted by Gasteiger charge is -2.17. The molecule has 5 aromatic carbocycles. The van der Waals surface area contributed by atoms with E-state index in [0.717, 1.165) is 11.1 Å². The van der Waals surface area contributed by atoms with Crippen LogP contribution in [0.25, 0.3) is 12.2 Å². The highest BCUT2D eigenvalue weighted by Gasteiger charge is 2.10. The minimum absolute atomic E-state index is 0.243. The molecule has 0 saturated heterocycles. The van der Waals surface area contributed by atoms with Crippen molar-refractivity contribution in [2.24, 2.45) is 0 Å². The minimum Gasteiger partial charge on any atom is -0.384 e. The minimum atomic E-state index is -4.69. The zero-order chi connectivity index (χ0) is 35.3. The summed E-state index contributed by atoms with van der Waals surface area (Å²) in [5, 5.41) is 9.90. The number of aliphatic hydroxyl groups excluding tert-OH is 1. The van der Waals surface area contributed by atoms with Crippen molar-refractivity contribution in [1.29, 1.82) is 0 Å². The summed E-state index contributed by atoms with van der Waals surface area (Å²) in [5.41, 5.74) is 7.08. The summed E-state index contributed by atoms with van der Waals surface area (Å²) in [5.74, 6) is 0.243. The molecule has 6 nitrogen and oxygen atoms in total. The van der Waals surface area contributed by atoms with Crippen LogP contribution < -0.4 is 18.9 Å². The van der Waals surface area contributed by atoms with Crippen LogP contribution in [-0.2, 0) is 0 Å². The fourth-order valence-corrected chi connectivity index (χ4v) is 4.62. The summed E-state index contributed by atoms with van der Waals surface area (Å²) in [6, 6.07) is 49.5. The van der Waals surface area contributed by atoms with E-state index in [1.807, 2.05) is 85.0 Å². The molecule has 0 amide bonds. The van der Waals surface area contributed by atoms with E-state index >= 15 is 0 Å². The first kappa shape index (κ1) is 38.4. The van der Waals surface area contributed by atoms with Crippen molar-refractivity contribution in [3.05, 3.63) is 210 Å². The second-order valence-electron chi connectivity index (χ2n) is 10.9. The van der Waals surface area contributed by atoms with Gasteiger partial charge in [-0.1, -0.05) is 182 Å². The number of halogens is 1. The Hall–Kier alpha value is -5.05. The van der Waals surface area contributed by atoms with E-state index in [0.29, 0.717) is 0 Å².